The summed E-state index contributed by atoms with van der Waals surface area (Å²) in [4.78, 5) is 28.5. The number of nitrogens with zero attached hydrogens (tertiary/aromatic N) is 1. The Balaban J connectivity index is 2.26. The van der Waals surface area contributed by atoms with Crippen molar-refractivity contribution in [1.82, 2.24) is 5.32 Å². The molecule has 1 amide bonds. The zero-order valence-electron chi connectivity index (χ0n) is 15.8. The van der Waals surface area contributed by atoms with Crippen molar-refractivity contribution in [3.05, 3.63) is 65.0 Å². The van der Waals surface area contributed by atoms with Crippen LogP contribution in [0.2, 0.25) is 0 Å². The van der Waals surface area contributed by atoms with Gasteiger partial charge in [0.1, 0.15) is 12.4 Å². The number of methoxy groups -OCH3 is 1. The molecular formula is C21H24N2O4. The molecule has 6 heteroatoms. The highest BCUT2D eigenvalue weighted by molar-refractivity contribution is 5.95. The van der Waals surface area contributed by atoms with E-state index in [1.54, 1.807) is 20.1 Å². The highest BCUT2D eigenvalue weighted by atomic mass is 16.5. The largest absolute Gasteiger partial charge is 0.496 e. The van der Waals surface area contributed by atoms with Gasteiger partial charge in [-0.3, -0.25) is 9.79 Å². The molecule has 1 aliphatic rings. The van der Waals surface area contributed by atoms with Crippen molar-refractivity contribution in [3.8, 4) is 5.75 Å². The summed E-state index contributed by atoms with van der Waals surface area (Å²) >= 11 is 0. The summed E-state index contributed by atoms with van der Waals surface area (Å²) in [6.07, 6.45) is 5.30. The van der Waals surface area contributed by atoms with Crippen molar-refractivity contribution < 1.29 is 19.1 Å². The third kappa shape index (κ3) is 4.94. The Morgan fingerprint density at radius 1 is 1.41 bits per heavy atom. The van der Waals surface area contributed by atoms with Gasteiger partial charge in [-0.05, 0) is 38.3 Å². The first-order valence-corrected chi connectivity index (χ1v) is 8.60. The second kappa shape index (κ2) is 9.52. The molecule has 27 heavy (non-hydrogen) atoms. The molecule has 1 aliphatic heterocycles. The topological polar surface area (TPSA) is 77.0 Å². The fraction of sp³-hybridized carbons (Fsp3) is 0.286. The van der Waals surface area contributed by atoms with Crippen molar-refractivity contribution in [1.29, 1.82) is 0 Å². The highest BCUT2D eigenvalue weighted by Gasteiger charge is 2.33. The van der Waals surface area contributed by atoms with Crippen molar-refractivity contribution in [2.45, 2.75) is 26.9 Å². The van der Waals surface area contributed by atoms with Crippen LogP contribution in [0.1, 0.15) is 25.8 Å². The molecule has 0 fully saturated rings. The van der Waals surface area contributed by atoms with Crippen LogP contribution in [0.15, 0.2) is 64.5 Å². The molecule has 0 bridgehead atoms. The monoisotopic (exact) mass is 368 g/mol. The van der Waals surface area contributed by atoms with Gasteiger partial charge in [0.15, 0.2) is 0 Å². The summed E-state index contributed by atoms with van der Waals surface area (Å²) in [6.45, 7) is 7.05. The first kappa shape index (κ1) is 20.2. The second-order valence-electron chi connectivity index (χ2n) is 6.02. The minimum atomic E-state index is -0.470. The number of allylic oxidation sites excluding steroid dienone is 4. The van der Waals surface area contributed by atoms with Gasteiger partial charge in [0.25, 0.3) is 0 Å². The number of hydrogen-bond acceptors (Lipinski definition) is 5. The van der Waals surface area contributed by atoms with E-state index in [1.807, 2.05) is 37.3 Å². The zero-order valence-corrected chi connectivity index (χ0v) is 15.8. The molecule has 2 rings (SSSR count). The van der Waals surface area contributed by atoms with E-state index in [0.717, 1.165) is 11.1 Å². The van der Waals surface area contributed by atoms with Crippen LogP contribution in [0.25, 0.3) is 0 Å². The minimum absolute atomic E-state index is 0.0789. The average Bonchev–Trinajstić information content (AvgIpc) is 2.66. The Kier molecular flexibility index (Phi) is 7.11. The number of rotatable bonds is 7. The molecule has 1 N–H and O–H groups in total. The summed E-state index contributed by atoms with van der Waals surface area (Å²) in [5, 5.41) is 2.72. The number of carbonyl (C=O) groups is 2. The van der Waals surface area contributed by atoms with Crippen LogP contribution in [0.4, 0.5) is 0 Å². The van der Waals surface area contributed by atoms with E-state index >= 15 is 0 Å². The van der Waals surface area contributed by atoms with Gasteiger partial charge in [-0.2, -0.15) is 0 Å². The SMILES string of the molecule is C=N/C=C\C(=C/C)C1CC(=O)NC(C)=C1C(=O)OCc1ccccc1OC. The summed E-state index contributed by atoms with van der Waals surface area (Å²) in [6, 6.07) is 7.35. The smallest absolute Gasteiger partial charge is 0.336 e. The lowest BCUT2D eigenvalue weighted by atomic mass is 9.84. The minimum Gasteiger partial charge on any atom is -0.496 e. The quantitative estimate of drug-likeness (QED) is 0.455. The number of hydrogen-bond donors (Lipinski definition) is 1. The molecule has 1 unspecified atom stereocenters. The summed E-state index contributed by atoms with van der Waals surface area (Å²) < 4.78 is 10.8. The van der Waals surface area contributed by atoms with Gasteiger partial charge in [-0.1, -0.05) is 24.3 Å². The number of amides is 1. The molecule has 0 spiro atoms. The first-order valence-electron chi connectivity index (χ1n) is 8.60. The Bertz CT molecular complexity index is 821. The lowest BCUT2D eigenvalue weighted by molar-refractivity contribution is -0.141. The third-order valence-corrected chi connectivity index (χ3v) is 4.35. The summed E-state index contributed by atoms with van der Waals surface area (Å²) in [7, 11) is 1.57. The number of para-hydroxylation sites is 1. The first-order chi connectivity index (χ1) is 13.0. The van der Waals surface area contributed by atoms with Crippen LogP contribution in [-0.4, -0.2) is 25.7 Å². The Morgan fingerprint density at radius 3 is 2.81 bits per heavy atom. The fourth-order valence-corrected chi connectivity index (χ4v) is 3.05. The maximum absolute atomic E-state index is 12.8. The third-order valence-electron chi connectivity index (χ3n) is 4.35. The average molecular weight is 368 g/mol. The van der Waals surface area contributed by atoms with Gasteiger partial charge >= 0.3 is 5.97 Å². The number of ether oxygens (including phenoxy) is 2. The molecule has 1 aromatic carbocycles. The van der Waals surface area contributed by atoms with Crippen LogP contribution >= 0.6 is 0 Å². The lowest BCUT2D eigenvalue weighted by Gasteiger charge is -2.27. The van der Waals surface area contributed by atoms with Gasteiger partial charge < -0.3 is 14.8 Å². The molecule has 0 aromatic heterocycles. The molecule has 0 radical (unpaired) electrons. The van der Waals surface area contributed by atoms with E-state index in [1.165, 1.54) is 6.20 Å². The van der Waals surface area contributed by atoms with Crippen LogP contribution < -0.4 is 10.1 Å². The summed E-state index contributed by atoms with van der Waals surface area (Å²) in [5.74, 6) is -0.355. The van der Waals surface area contributed by atoms with Gasteiger partial charge in [0, 0.05) is 29.8 Å². The van der Waals surface area contributed by atoms with Crippen LogP contribution in [-0.2, 0) is 20.9 Å². The van der Waals surface area contributed by atoms with Crippen LogP contribution in [0.5, 0.6) is 5.75 Å². The maximum atomic E-state index is 12.8. The molecule has 1 aromatic rings. The number of nitrogens with one attached hydrogen (secondary N) is 1. The highest BCUT2D eigenvalue weighted by Crippen LogP contribution is 2.31. The molecule has 1 heterocycles. The maximum Gasteiger partial charge on any atom is 0.336 e. The van der Waals surface area contributed by atoms with E-state index in [0.29, 0.717) is 17.0 Å². The fourth-order valence-electron chi connectivity index (χ4n) is 3.05. The molecule has 142 valence electrons. The van der Waals surface area contributed by atoms with Crippen molar-refractivity contribution in [3.63, 3.8) is 0 Å². The number of aliphatic imine (C=N–C) groups is 1. The van der Waals surface area contributed by atoms with Crippen molar-refractivity contribution >= 4 is 18.6 Å². The molecule has 1 atom stereocenters. The number of esters is 1. The van der Waals surface area contributed by atoms with E-state index in [2.05, 4.69) is 17.0 Å². The molecule has 0 aliphatic carbocycles. The van der Waals surface area contributed by atoms with Gasteiger partial charge in [0.2, 0.25) is 5.91 Å². The van der Waals surface area contributed by atoms with E-state index in [-0.39, 0.29) is 18.9 Å². The second-order valence-corrected chi connectivity index (χ2v) is 6.02. The van der Waals surface area contributed by atoms with Crippen molar-refractivity contribution in [2.24, 2.45) is 10.9 Å². The Labute approximate surface area is 159 Å². The molecular weight excluding hydrogens is 344 g/mol. The van der Waals surface area contributed by atoms with E-state index in [4.69, 9.17) is 9.47 Å². The molecule has 0 saturated heterocycles. The Morgan fingerprint density at radius 2 is 2.15 bits per heavy atom. The zero-order chi connectivity index (χ0) is 19.8. The van der Waals surface area contributed by atoms with Gasteiger partial charge in [-0.15, -0.1) is 0 Å². The summed E-state index contributed by atoms with van der Waals surface area (Å²) in [5.41, 5.74) is 2.51. The van der Waals surface area contributed by atoms with Gasteiger partial charge in [-0.25, -0.2) is 4.79 Å². The number of carbonyl (C=O) groups excluding carboxylic acids is 2. The standard InChI is InChI=1S/C21H24N2O4/c1-5-15(10-11-22-3)17-12-19(24)23-14(2)20(17)21(25)27-13-16-8-6-7-9-18(16)26-4/h5-11,17H,3,12-13H2,1-2,4H3,(H,23,24)/b11-10-,15-5+. The predicted octanol–water partition coefficient (Wildman–Crippen LogP) is 3.31. The predicted molar refractivity (Wildman–Crippen MR) is 104 cm³/mol. The molecule has 6 nitrogen and oxygen atoms in total. The molecule has 0 saturated carbocycles. The lowest BCUT2D eigenvalue weighted by Crippen LogP contribution is -2.35. The number of benzene rings is 1. The Hall–Kier alpha value is -3.15. The van der Waals surface area contributed by atoms with Crippen LogP contribution in [0.3, 0.4) is 0 Å². The van der Waals surface area contributed by atoms with E-state index in [9.17, 15) is 9.59 Å². The normalized spacial score (nSPS) is 17.7. The van der Waals surface area contributed by atoms with Crippen molar-refractivity contribution in [2.75, 3.05) is 7.11 Å². The van der Waals surface area contributed by atoms with Gasteiger partial charge in [0.05, 0.1) is 12.7 Å². The van der Waals surface area contributed by atoms with E-state index < -0.39 is 11.9 Å². The van der Waals surface area contributed by atoms with Crippen LogP contribution in [0, 0.1) is 5.92 Å².